The molecule has 8 nitrogen and oxygen atoms in total. The Labute approximate surface area is 216 Å². The standard InChI is InChI=1S/C26H30N4O4S2/c1-4-30-15-14-21-22(17-30)35-26(23(21)25(32)27-2)28-24(31)19-10-12-20(13-11-19)36(33,34)29(3)16-18-8-6-5-7-9-18/h5-13H,4,14-17H2,1-3H3,(H,27,32)(H,28,31). The first kappa shape index (κ1) is 26.0. The molecule has 0 radical (unpaired) electrons. The molecule has 0 bridgehead atoms. The molecule has 1 aromatic heterocycles. The summed E-state index contributed by atoms with van der Waals surface area (Å²) < 4.78 is 27.3. The highest BCUT2D eigenvalue weighted by molar-refractivity contribution is 7.89. The van der Waals surface area contributed by atoms with Crippen molar-refractivity contribution >= 4 is 38.2 Å². The molecule has 10 heteroatoms. The molecular weight excluding hydrogens is 496 g/mol. The Morgan fingerprint density at radius 2 is 1.75 bits per heavy atom. The van der Waals surface area contributed by atoms with Crippen LogP contribution in [0.3, 0.4) is 0 Å². The maximum Gasteiger partial charge on any atom is 0.256 e. The van der Waals surface area contributed by atoms with Crippen molar-refractivity contribution < 1.29 is 18.0 Å². The van der Waals surface area contributed by atoms with E-state index in [2.05, 4.69) is 22.5 Å². The number of amides is 2. The van der Waals surface area contributed by atoms with Crippen LogP contribution >= 0.6 is 11.3 Å². The lowest BCUT2D eigenvalue weighted by molar-refractivity contribution is 0.0962. The van der Waals surface area contributed by atoms with Gasteiger partial charge in [-0.05, 0) is 48.4 Å². The zero-order valence-corrected chi connectivity index (χ0v) is 22.2. The van der Waals surface area contributed by atoms with Crippen molar-refractivity contribution in [3.05, 3.63) is 81.7 Å². The topological polar surface area (TPSA) is 98.8 Å². The fourth-order valence-electron chi connectivity index (χ4n) is 4.24. The number of sulfonamides is 1. The normalized spacial score (nSPS) is 13.9. The zero-order valence-electron chi connectivity index (χ0n) is 20.6. The van der Waals surface area contributed by atoms with Crippen LogP contribution in [0.1, 0.15) is 43.6 Å². The number of rotatable bonds is 8. The molecule has 1 aliphatic heterocycles. The monoisotopic (exact) mass is 526 g/mol. The fourth-order valence-corrected chi connectivity index (χ4v) is 6.68. The summed E-state index contributed by atoms with van der Waals surface area (Å²) in [5.41, 5.74) is 2.70. The number of anilines is 1. The van der Waals surface area contributed by atoms with Crippen LogP contribution in [0.4, 0.5) is 5.00 Å². The first-order chi connectivity index (χ1) is 17.2. The molecule has 0 fully saturated rings. The number of likely N-dealkylation sites (N-methyl/N-ethyl adjacent to an activating group) is 1. The summed E-state index contributed by atoms with van der Waals surface area (Å²) in [6.45, 7) is 4.88. The molecule has 0 spiro atoms. The van der Waals surface area contributed by atoms with E-state index in [9.17, 15) is 18.0 Å². The molecule has 0 saturated carbocycles. The lowest BCUT2D eigenvalue weighted by atomic mass is 10.0. The van der Waals surface area contributed by atoms with Gasteiger partial charge in [0, 0.05) is 44.2 Å². The molecule has 190 valence electrons. The van der Waals surface area contributed by atoms with Gasteiger partial charge in [0.2, 0.25) is 10.0 Å². The maximum absolute atomic E-state index is 13.0. The Balaban J connectivity index is 1.52. The van der Waals surface area contributed by atoms with Gasteiger partial charge in [-0.3, -0.25) is 14.5 Å². The second-order valence-electron chi connectivity index (χ2n) is 8.63. The average molecular weight is 527 g/mol. The van der Waals surface area contributed by atoms with Crippen molar-refractivity contribution in [1.82, 2.24) is 14.5 Å². The van der Waals surface area contributed by atoms with Crippen molar-refractivity contribution in [2.24, 2.45) is 0 Å². The Morgan fingerprint density at radius 3 is 2.39 bits per heavy atom. The largest absolute Gasteiger partial charge is 0.355 e. The number of nitrogens with zero attached hydrogens (tertiary/aromatic N) is 2. The van der Waals surface area contributed by atoms with Crippen molar-refractivity contribution in [2.75, 3.05) is 32.5 Å². The van der Waals surface area contributed by atoms with E-state index in [-0.39, 0.29) is 17.3 Å². The minimum absolute atomic E-state index is 0.106. The van der Waals surface area contributed by atoms with Crippen LogP contribution in [0.25, 0.3) is 0 Å². The summed E-state index contributed by atoms with van der Waals surface area (Å²) in [5.74, 6) is -0.622. The molecule has 4 rings (SSSR count). The number of benzene rings is 2. The fraction of sp³-hybridized carbons (Fsp3) is 0.308. The molecular formula is C26H30N4O4S2. The highest BCUT2D eigenvalue weighted by Crippen LogP contribution is 2.37. The zero-order chi connectivity index (χ0) is 25.9. The third-order valence-corrected chi connectivity index (χ3v) is 9.29. The summed E-state index contributed by atoms with van der Waals surface area (Å²) in [4.78, 5) is 29.2. The van der Waals surface area contributed by atoms with Gasteiger partial charge < -0.3 is 10.6 Å². The van der Waals surface area contributed by atoms with Crippen LogP contribution in [0.5, 0.6) is 0 Å². The number of hydrogen-bond donors (Lipinski definition) is 2. The minimum Gasteiger partial charge on any atom is -0.355 e. The van der Waals surface area contributed by atoms with E-state index in [0.717, 1.165) is 42.1 Å². The lowest BCUT2D eigenvalue weighted by Gasteiger charge is -2.25. The lowest BCUT2D eigenvalue weighted by Crippen LogP contribution is -2.30. The number of carbonyl (C=O) groups excluding carboxylic acids is 2. The number of thiophene rings is 1. The van der Waals surface area contributed by atoms with Crippen molar-refractivity contribution in [3.8, 4) is 0 Å². The van der Waals surface area contributed by atoms with Gasteiger partial charge in [-0.1, -0.05) is 37.3 Å². The van der Waals surface area contributed by atoms with E-state index in [0.29, 0.717) is 16.1 Å². The first-order valence-electron chi connectivity index (χ1n) is 11.7. The number of hydrogen-bond acceptors (Lipinski definition) is 6. The summed E-state index contributed by atoms with van der Waals surface area (Å²) in [6, 6.07) is 15.2. The molecule has 36 heavy (non-hydrogen) atoms. The predicted molar refractivity (Wildman–Crippen MR) is 142 cm³/mol. The first-order valence-corrected chi connectivity index (χ1v) is 14.0. The average Bonchev–Trinajstić information content (AvgIpc) is 3.25. The van der Waals surface area contributed by atoms with E-state index >= 15 is 0 Å². The quantitative estimate of drug-likeness (QED) is 0.468. The Kier molecular flexibility index (Phi) is 7.89. The molecule has 3 aromatic rings. The highest BCUT2D eigenvalue weighted by atomic mass is 32.2. The summed E-state index contributed by atoms with van der Waals surface area (Å²) in [7, 11) is -0.618. The third kappa shape index (κ3) is 5.36. The molecule has 2 heterocycles. The van der Waals surface area contributed by atoms with Gasteiger partial charge in [0.15, 0.2) is 0 Å². The van der Waals surface area contributed by atoms with Crippen LogP contribution < -0.4 is 10.6 Å². The molecule has 0 atom stereocenters. The van der Waals surface area contributed by atoms with Crippen LogP contribution in [-0.2, 0) is 29.5 Å². The van der Waals surface area contributed by atoms with Crippen LogP contribution in [0, 0.1) is 0 Å². The van der Waals surface area contributed by atoms with Crippen LogP contribution in [0.15, 0.2) is 59.5 Å². The van der Waals surface area contributed by atoms with Gasteiger partial charge in [-0.15, -0.1) is 11.3 Å². The van der Waals surface area contributed by atoms with Gasteiger partial charge in [-0.2, -0.15) is 4.31 Å². The Hall–Kier alpha value is -3.05. The van der Waals surface area contributed by atoms with E-state index in [4.69, 9.17) is 0 Å². The Bertz CT molecular complexity index is 1350. The van der Waals surface area contributed by atoms with E-state index in [1.54, 1.807) is 7.05 Å². The van der Waals surface area contributed by atoms with E-state index in [1.807, 2.05) is 30.3 Å². The number of fused-ring (bicyclic) bond motifs is 1. The summed E-state index contributed by atoms with van der Waals surface area (Å²) in [5, 5.41) is 6.08. The maximum atomic E-state index is 13.0. The van der Waals surface area contributed by atoms with Crippen molar-refractivity contribution in [1.29, 1.82) is 0 Å². The number of carbonyl (C=O) groups is 2. The predicted octanol–water partition coefficient (Wildman–Crippen LogP) is 3.56. The van der Waals surface area contributed by atoms with Gasteiger partial charge in [0.05, 0.1) is 10.5 Å². The van der Waals surface area contributed by atoms with Gasteiger partial charge >= 0.3 is 0 Å². The third-order valence-electron chi connectivity index (χ3n) is 6.34. The van der Waals surface area contributed by atoms with Crippen molar-refractivity contribution in [3.63, 3.8) is 0 Å². The summed E-state index contributed by atoms with van der Waals surface area (Å²) >= 11 is 1.42. The second kappa shape index (κ2) is 10.9. The second-order valence-corrected chi connectivity index (χ2v) is 11.8. The summed E-state index contributed by atoms with van der Waals surface area (Å²) in [6.07, 6.45) is 0.751. The van der Waals surface area contributed by atoms with Gasteiger partial charge in [-0.25, -0.2) is 8.42 Å². The highest BCUT2D eigenvalue weighted by Gasteiger charge is 2.28. The van der Waals surface area contributed by atoms with Gasteiger partial charge in [0.25, 0.3) is 11.8 Å². The molecule has 2 N–H and O–H groups in total. The molecule has 0 saturated heterocycles. The molecule has 2 aromatic carbocycles. The molecule has 1 aliphatic rings. The van der Waals surface area contributed by atoms with Crippen LogP contribution in [0.2, 0.25) is 0 Å². The SMILES string of the molecule is CCN1CCc2c(sc(NC(=O)c3ccc(S(=O)(=O)N(C)Cc4ccccc4)cc3)c2C(=O)NC)C1. The van der Waals surface area contributed by atoms with Gasteiger partial charge in [0.1, 0.15) is 5.00 Å². The van der Waals surface area contributed by atoms with Crippen molar-refractivity contribution in [2.45, 2.75) is 31.3 Å². The van der Waals surface area contributed by atoms with E-state index < -0.39 is 15.9 Å². The minimum atomic E-state index is -3.72. The van der Waals surface area contributed by atoms with Crippen LogP contribution in [-0.4, -0.2) is 56.6 Å². The smallest absolute Gasteiger partial charge is 0.256 e. The molecule has 2 amide bonds. The number of nitrogens with one attached hydrogen (secondary N) is 2. The van der Waals surface area contributed by atoms with E-state index in [1.165, 1.54) is 47.0 Å². The molecule has 0 aliphatic carbocycles. The molecule has 0 unspecified atom stereocenters. The Morgan fingerprint density at radius 1 is 1.06 bits per heavy atom.